The van der Waals surface area contributed by atoms with Crippen LogP contribution in [0.25, 0.3) is 5.69 Å². The molecule has 3 N–H and O–H groups in total. The fourth-order valence-electron chi connectivity index (χ4n) is 3.02. The van der Waals surface area contributed by atoms with Crippen LogP contribution in [-0.2, 0) is 6.54 Å². The van der Waals surface area contributed by atoms with E-state index in [9.17, 15) is 9.59 Å². The maximum atomic E-state index is 12.4. The van der Waals surface area contributed by atoms with Gasteiger partial charge >= 0.3 is 5.69 Å². The van der Waals surface area contributed by atoms with Gasteiger partial charge in [0.15, 0.2) is 6.67 Å². The van der Waals surface area contributed by atoms with E-state index in [1.807, 2.05) is 0 Å². The molecule has 0 radical (unpaired) electrons. The van der Waals surface area contributed by atoms with Crippen LogP contribution < -0.4 is 26.2 Å². The molecular weight excluding hydrogens is 308 g/mol. The lowest BCUT2D eigenvalue weighted by Crippen LogP contribution is -3.16. The summed E-state index contributed by atoms with van der Waals surface area (Å²) in [6, 6.07) is 7.62. The van der Waals surface area contributed by atoms with Crippen molar-refractivity contribution in [3.8, 4) is 11.4 Å². The molecule has 7 heteroatoms. The minimum Gasteiger partial charge on any atom is -0.497 e. The highest BCUT2D eigenvalue weighted by molar-refractivity contribution is 5.51. The molecule has 2 aromatic rings. The fourth-order valence-corrected chi connectivity index (χ4v) is 3.02. The number of H-pyrrole nitrogens is 1. The van der Waals surface area contributed by atoms with Gasteiger partial charge < -0.3 is 15.0 Å². The van der Waals surface area contributed by atoms with Crippen molar-refractivity contribution in [3.63, 3.8) is 0 Å². The first-order chi connectivity index (χ1) is 11.5. The van der Waals surface area contributed by atoms with Crippen molar-refractivity contribution in [1.29, 1.82) is 0 Å². The van der Waals surface area contributed by atoms with Gasteiger partial charge in [-0.3, -0.25) is 9.78 Å². The van der Waals surface area contributed by atoms with Gasteiger partial charge in [0.1, 0.15) is 23.7 Å². The second-order valence-electron chi connectivity index (χ2n) is 6.12. The van der Waals surface area contributed by atoms with E-state index < -0.39 is 5.69 Å². The zero-order valence-corrected chi connectivity index (χ0v) is 14.2. The normalized spacial score (nSPS) is 17.7. The number of methoxy groups -OCH3 is 1. The van der Waals surface area contributed by atoms with Crippen molar-refractivity contribution in [3.05, 3.63) is 50.7 Å². The lowest BCUT2D eigenvalue weighted by molar-refractivity contribution is -0.935. The van der Waals surface area contributed by atoms with Crippen molar-refractivity contribution in [2.24, 2.45) is 0 Å². The molecule has 1 unspecified atom stereocenters. The molecule has 0 saturated carbocycles. The standard InChI is InChI=1S/C17H22N4O3/c1-4-11(2)20-9-14-15(18-10-20)21(17(23)19-16(14)22)12-5-7-13(24-3)8-6-12/h5-8,11,18H,4,9-10H2,1-3H3,(H,19,22,23)/p+1/t11-/m1/s1. The molecule has 24 heavy (non-hydrogen) atoms. The number of nitrogens with zero attached hydrogens (tertiary/aromatic N) is 1. The van der Waals surface area contributed by atoms with Crippen LogP contribution in [0.2, 0.25) is 0 Å². The number of nitrogens with one attached hydrogen (secondary N) is 3. The molecule has 0 saturated heterocycles. The molecule has 2 heterocycles. The van der Waals surface area contributed by atoms with E-state index >= 15 is 0 Å². The molecule has 128 valence electrons. The molecule has 0 bridgehead atoms. The van der Waals surface area contributed by atoms with Gasteiger partial charge in [0.2, 0.25) is 0 Å². The highest BCUT2D eigenvalue weighted by Crippen LogP contribution is 2.19. The Hall–Kier alpha value is -2.54. The van der Waals surface area contributed by atoms with Crippen molar-refractivity contribution in [1.82, 2.24) is 9.55 Å². The number of benzene rings is 1. The van der Waals surface area contributed by atoms with Gasteiger partial charge in [-0.1, -0.05) is 6.92 Å². The molecule has 0 spiro atoms. The summed E-state index contributed by atoms with van der Waals surface area (Å²) >= 11 is 0. The molecule has 1 aromatic heterocycles. The van der Waals surface area contributed by atoms with Crippen LogP contribution >= 0.6 is 0 Å². The number of anilines is 1. The lowest BCUT2D eigenvalue weighted by Gasteiger charge is -2.31. The largest absolute Gasteiger partial charge is 0.497 e. The van der Waals surface area contributed by atoms with E-state index in [0.29, 0.717) is 42.1 Å². The number of fused-ring (bicyclic) bond motifs is 1. The maximum Gasteiger partial charge on any atom is 0.334 e. The quantitative estimate of drug-likeness (QED) is 0.742. The predicted octanol–water partition coefficient (Wildman–Crippen LogP) is 0.101. The second-order valence-corrected chi connectivity index (χ2v) is 6.12. The van der Waals surface area contributed by atoms with Crippen molar-refractivity contribution < 1.29 is 9.64 Å². The van der Waals surface area contributed by atoms with Crippen LogP contribution in [0.3, 0.4) is 0 Å². The van der Waals surface area contributed by atoms with Gasteiger partial charge in [-0.15, -0.1) is 0 Å². The number of rotatable bonds is 4. The Balaban J connectivity index is 2.09. The third kappa shape index (κ3) is 2.82. The highest BCUT2D eigenvalue weighted by atomic mass is 16.5. The summed E-state index contributed by atoms with van der Waals surface area (Å²) in [6.45, 7) is 5.58. The van der Waals surface area contributed by atoms with Gasteiger partial charge in [-0.05, 0) is 37.6 Å². The van der Waals surface area contributed by atoms with Crippen molar-refractivity contribution in [2.45, 2.75) is 32.9 Å². The Labute approximate surface area is 139 Å². The first kappa shape index (κ1) is 16.3. The number of ether oxygens (including phenoxy) is 1. The molecule has 0 fully saturated rings. The summed E-state index contributed by atoms with van der Waals surface area (Å²) in [5, 5.41) is 3.28. The average molecular weight is 331 g/mol. The number of hydrogen-bond donors (Lipinski definition) is 3. The number of hydrogen-bond acceptors (Lipinski definition) is 4. The SMILES string of the molecule is CC[C@@H](C)[NH+]1CNc2c(c(=O)[nH]c(=O)n2-c2ccc(OC)cc2)C1. The second kappa shape index (κ2) is 6.52. The molecule has 3 rings (SSSR count). The number of aromatic amines is 1. The third-order valence-corrected chi connectivity index (χ3v) is 4.73. The van der Waals surface area contributed by atoms with Crippen LogP contribution in [-0.4, -0.2) is 29.4 Å². The predicted molar refractivity (Wildman–Crippen MR) is 92.1 cm³/mol. The summed E-state index contributed by atoms with van der Waals surface area (Å²) in [6.07, 6.45) is 1.03. The molecule has 7 nitrogen and oxygen atoms in total. The Morgan fingerprint density at radius 2 is 2.00 bits per heavy atom. The summed E-state index contributed by atoms with van der Waals surface area (Å²) in [4.78, 5) is 28.4. The first-order valence-electron chi connectivity index (χ1n) is 8.16. The van der Waals surface area contributed by atoms with Crippen LogP contribution in [0.15, 0.2) is 33.9 Å². The topological polar surface area (TPSA) is 80.6 Å². The van der Waals surface area contributed by atoms with Crippen molar-refractivity contribution in [2.75, 3.05) is 19.1 Å². The van der Waals surface area contributed by atoms with Crippen LogP contribution in [0, 0.1) is 0 Å². The third-order valence-electron chi connectivity index (χ3n) is 4.73. The minimum atomic E-state index is -0.441. The zero-order chi connectivity index (χ0) is 17.3. The monoisotopic (exact) mass is 331 g/mol. The van der Waals surface area contributed by atoms with E-state index in [0.717, 1.165) is 6.42 Å². The molecule has 1 aliphatic heterocycles. The van der Waals surface area contributed by atoms with E-state index in [1.165, 1.54) is 9.47 Å². The summed E-state index contributed by atoms with van der Waals surface area (Å²) in [7, 11) is 1.59. The van der Waals surface area contributed by atoms with E-state index in [1.54, 1.807) is 31.4 Å². The number of aromatic nitrogens is 2. The molecule has 1 aromatic carbocycles. The summed E-state index contributed by atoms with van der Waals surface area (Å²) < 4.78 is 6.67. The Morgan fingerprint density at radius 1 is 1.29 bits per heavy atom. The number of quaternary nitrogens is 1. The maximum absolute atomic E-state index is 12.4. The Bertz CT molecular complexity index is 838. The Kier molecular flexibility index (Phi) is 4.44. The molecule has 0 aliphatic carbocycles. The minimum absolute atomic E-state index is 0.312. The van der Waals surface area contributed by atoms with Gasteiger partial charge in [-0.2, -0.15) is 0 Å². The molecule has 1 aliphatic rings. The average Bonchev–Trinajstić information content (AvgIpc) is 2.61. The fraction of sp³-hybridized carbons (Fsp3) is 0.412. The van der Waals surface area contributed by atoms with Crippen molar-refractivity contribution >= 4 is 5.82 Å². The molecule has 0 amide bonds. The van der Waals surface area contributed by atoms with Crippen LogP contribution in [0.5, 0.6) is 5.75 Å². The smallest absolute Gasteiger partial charge is 0.334 e. The van der Waals surface area contributed by atoms with Gasteiger partial charge in [0.05, 0.1) is 18.8 Å². The van der Waals surface area contributed by atoms with E-state index in [4.69, 9.17) is 4.74 Å². The lowest BCUT2D eigenvalue weighted by atomic mass is 10.1. The van der Waals surface area contributed by atoms with Gasteiger partial charge in [0, 0.05) is 0 Å². The summed E-state index contributed by atoms with van der Waals surface area (Å²) in [5.41, 5.74) is 0.552. The van der Waals surface area contributed by atoms with E-state index in [2.05, 4.69) is 24.1 Å². The van der Waals surface area contributed by atoms with E-state index in [-0.39, 0.29) is 5.56 Å². The van der Waals surface area contributed by atoms with Crippen LogP contribution in [0.1, 0.15) is 25.8 Å². The summed E-state index contributed by atoms with van der Waals surface area (Å²) in [5.74, 6) is 1.30. The Morgan fingerprint density at radius 3 is 2.62 bits per heavy atom. The molecular formula is C17H23N4O3+. The molecule has 2 atom stereocenters. The zero-order valence-electron chi connectivity index (χ0n) is 14.2. The van der Waals surface area contributed by atoms with Gasteiger partial charge in [-0.25, -0.2) is 9.36 Å². The van der Waals surface area contributed by atoms with Crippen LogP contribution in [0.4, 0.5) is 5.82 Å². The highest BCUT2D eigenvalue weighted by Gasteiger charge is 2.28. The van der Waals surface area contributed by atoms with Gasteiger partial charge in [0.25, 0.3) is 5.56 Å². The first-order valence-corrected chi connectivity index (χ1v) is 8.16.